The maximum atomic E-state index is 12.5. The Morgan fingerprint density at radius 3 is 3.23 bits per heavy atom. The third-order valence-electron chi connectivity index (χ3n) is 4.57. The zero-order chi connectivity index (χ0) is 15.4. The molecule has 1 aromatic rings. The van der Waals surface area contributed by atoms with Crippen molar-refractivity contribution in [1.82, 2.24) is 10.2 Å². The van der Waals surface area contributed by atoms with Gasteiger partial charge in [0.1, 0.15) is 0 Å². The molecule has 1 N–H and O–H groups in total. The molecule has 0 radical (unpaired) electrons. The molecule has 3 atom stereocenters. The standard InChI is InChI=1S/C16H24N2O3S/c1-20-7-5-17-16(19)14-10-18(9-12-3-2-8-22-12)11-15-13(14)4-6-21-15/h2-3,8,13-15H,4-7,9-11H2,1H3,(H,17,19)/t13-,14+,15+/m0/s1. The number of carbonyl (C=O) groups is 1. The highest BCUT2D eigenvalue weighted by Crippen LogP contribution is 2.34. The summed E-state index contributed by atoms with van der Waals surface area (Å²) in [4.78, 5) is 16.2. The first-order valence-corrected chi connectivity index (χ1v) is 8.79. The second-order valence-electron chi connectivity index (χ2n) is 6.03. The van der Waals surface area contributed by atoms with Gasteiger partial charge in [-0.3, -0.25) is 9.69 Å². The first-order chi connectivity index (χ1) is 10.8. The van der Waals surface area contributed by atoms with E-state index in [1.54, 1.807) is 18.4 Å². The van der Waals surface area contributed by atoms with Crippen LogP contribution in [0.25, 0.3) is 0 Å². The largest absolute Gasteiger partial charge is 0.383 e. The first kappa shape index (κ1) is 15.9. The van der Waals surface area contributed by atoms with Gasteiger partial charge in [-0.2, -0.15) is 0 Å². The number of rotatable bonds is 6. The minimum absolute atomic E-state index is 0.0260. The topological polar surface area (TPSA) is 50.8 Å². The maximum absolute atomic E-state index is 12.5. The smallest absolute Gasteiger partial charge is 0.224 e. The van der Waals surface area contributed by atoms with Gasteiger partial charge in [-0.15, -0.1) is 11.3 Å². The number of thiophene rings is 1. The number of carbonyl (C=O) groups excluding carboxylic acids is 1. The average Bonchev–Trinajstić information content (AvgIpc) is 3.17. The van der Waals surface area contributed by atoms with Crippen LogP contribution in [0.3, 0.4) is 0 Å². The van der Waals surface area contributed by atoms with E-state index < -0.39 is 0 Å². The number of likely N-dealkylation sites (tertiary alicyclic amines) is 1. The van der Waals surface area contributed by atoms with Crippen LogP contribution in [0.4, 0.5) is 0 Å². The van der Waals surface area contributed by atoms with Gasteiger partial charge in [0.25, 0.3) is 0 Å². The molecule has 0 spiro atoms. The number of nitrogens with zero attached hydrogens (tertiary/aromatic N) is 1. The van der Waals surface area contributed by atoms with Crippen molar-refractivity contribution < 1.29 is 14.3 Å². The number of fused-ring (bicyclic) bond motifs is 1. The molecule has 0 unspecified atom stereocenters. The lowest BCUT2D eigenvalue weighted by Crippen LogP contribution is -2.52. The minimum Gasteiger partial charge on any atom is -0.383 e. The van der Waals surface area contributed by atoms with E-state index in [1.165, 1.54) is 4.88 Å². The van der Waals surface area contributed by atoms with Gasteiger partial charge in [0, 0.05) is 50.7 Å². The highest BCUT2D eigenvalue weighted by Gasteiger charge is 2.43. The van der Waals surface area contributed by atoms with E-state index in [4.69, 9.17) is 9.47 Å². The fraction of sp³-hybridized carbons (Fsp3) is 0.688. The number of piperidine rings is 1. The summed E-state index contributed by atoms with van der Waals surface area (Å²) in [7, 11) is 1.65. The van der Waals surface area contributed by atoms with E-state index in [2.05, 4.69) is 27.7 Å². The van der Waals surface area contributed by atoms with Crippen LogP contribution in [0.5, 0.6) is 0 Å². The zero-order valence-electron chi connectivity index (χ0n) is 13.0. The summed E-state index contributed by atoms with van der Waals surface area (Å²) in [6.45, 7) is 4.58. The Bertz CT molecular complexity index is 480. The fourth-order valence-electron chi connectivity index (χ4n) is 3.49. The third kappa shape index (κ3) is 3.68. The van der Waals surface area contributed by atoms with Crippen molar-refractivity contribution in [3.8, 4) is 0 Å². The molecule has 0 bridgehead atoms. The highest BCUT2D eigenvalue weighted by molar-refractivity contribution is 7.09. The summed E-state index contributed by atoms with van der Waals surface area (Å²) in [5, 5.41) is 5.10. The lowest BCUT2D eigenvalue weighted by Gasteiger charge is -2.39. The Balaban J connectivity index is 1.63. The van der Waals surface area contributed by atoms with Crippen LogP contribution in [0.2, 0.25) is 0 Å². The lowest BCUT2D eigenvalue weighted by molar-refractivity contribution is -0.131. The van der Waals surface area contributed by atoms with Gasteiger partial charge in [-0.05, 0) is 17.9 Å². The van der Waals surface area contributed by atoms with Gasteiger partial charge in [-0.1, -0.05) is 6.07 Å². The molecule has 2 aliphatic rings. The van der Waals surface area contributed by atoms with E-state index in [1.807, 2.05) is 0 Å². The van der Waals surface area contributed by atoms with E-state index in [0.717, 1.165) is 32.7 Å². The number of ether oxygens (including phenoxy) is 2. The van der Waals surface area contributed by atoms with Crippen LogP contribution < -0.4 is 5.32 Å². The molecule has 0 aliphatic carbocycles. The summed E-state index contributed by atoms with van der Waals surface area (Å²) >= 11 is 1.77. The second kappa shape index (κ2) is 7.55. The van der Waals surface area contributed by atoms with Crippen molar-refractivity contribution in [2.75, 3.05) is 40.0 Å². The summed E-state index contributed by atoms with van der Waals surface area (Å²) in [5.74, 6) is 0.536. The van der Waals surface area contributed by atoms with Gasteiger partial charge in [0.15, 0.2) is 0 Å². The molecule has 22 heavy (non-hydrogen) atoms. The lowest BCUT2D eigenvalue weighted by atomic mass is 9.82. The molecule has 1 amide bonds. The predicted molar refractivity (Wildman–Crippen MR) is 85.8 cm³/mol. The second-order valence-corrected chi connectivity index (χ2v) is 7.06. The molecule has 2 fully saturated rings. The molecule has 0 saturated carbocycles. The molecule has 0 aromatic carbocycles. The van der Waals surface area contributed by atoms with Gasteiger partial charge < -0.3 is 14.8 Å². The molecular weight excluding hydrogens is 300 g/mol. The number of nitrogens with one attached hydrogen (secondary N) is 1. The van der Waals surface area contributed by atoms with Crippen LogP contribution in [0.1, 0.15) is 11.3 Å². The number of hydrogen-bond donors (Lipinski definition) is 1. The molecule has 2 aliphatic heterocycles. The minimum atomic E-state index is 0.0260. The molecule has 1 aromatic heterocycles. The Kier molecular flexibility index (Phi) is 5.46. The Morgan fingerprint density at radius 2 is 2.45 bits per heavy atom. The molecular formula is C16H24N2O3S. The van der Waals surface area contributed by atoms with Crippen molar-refractivity contribution in [1.29, 1.82) is 0 Å². The summed E-state index contributed by atoms with van der Waals surface area (Å²) < 4.78 is 10.9. The van der Waals surface area contributed by atoms with E-state index >= 15 is 0 Å². The molecule has 6 heteroatoms. The van der Waals surface area contributed by atoms with E-state index in [-0.39, 0.29) is 17.9 Å². The van der Waals surface area contributed by atoms with Crippen molar-refractivity contribution >= 4 is 17.2 Å². The number of hydrogen-bond acceptors (Lipinski definition) is 5. The summed E-state index contributed by atoms with van der Waals surface area (Å²) in [5.41, 5.74) is 0. The van der Waals surface area contributed by atoms with E-state index in [0.29, 0.717) is 19.1 Å². The molecule has 3 rings (SSSR count). The monoisotopic (exact) mass is 324 g/mol. The normalized spacial score (nSPS) is 28.5. The van der Waals surface area contributed by atoms with Crippen molar-refractivity contribution in [2.24, 2.45) is 11.8 Å². The summed E-state index contributed by atoms with van der Waals surface area (Å²) in [6.07, 6.45) is 1.20. The quantitative estimate of drug-likeness (QED) is 0.803. The Hall–Kier alpha value is -0.950. The Labute approximate surface area is 135 Å². The zero-order valence-corrected chi connectivity index (χ0v) is 13.8. The van der Waals surface area contributed by atoms with Crippen molar-refractivity contribution in [3.63, 3.8) is 0 Å². The molecule has 122 valence electrons. The van der Waals surface area contributed by atoms with Crippen LogP contribution in [-0.2, 0) is 20.8 Å². The van der Waals surface area contributed by atoms with Crippen molar-refractivity contribution in [3.05, 3.63) is 22.4 Å². The van der Waals surface area contributed by atoms with Crippen LogP contribution in [-0.4, -0.2) is 56.9 Å². The van der Waals surface area contributed by atoms with Gasteiger partial charge >= 0.3 is 0 Å². The maximum Gasteiger partial charge on any atom is 0.224 e. The highest BCUT2D eigenvalue weighted by atomic mass is 32.1. The first-order valence-electron chi connectivity index (χ1n) is 7.91. The third-order valence-corrected chi connectivity index (χ3v) is 5.43. The number of methoxy groups -OCH3 is 1. The fourth-order valence-corrected chi connectivity index (χ4v) is 4.24. The molecule has 2 saturated heterocycles. The van der Waals surface area contributed by atoms with Gasteiger partial charge in [0.05, 0.1) is 18.6 Å². The van der Waals surface area contributed by atoms with E-state index in [9.17, 15) is 4.79 Å². The van der Waals surface area contributed by atoms with Gasteiger partial charge in [-0.25, -0.2) is 0 Å². The summed E-state index contributed by atoms with van der Waals surface area (Å²) in [6, 6.07) is 4.23. The van der Waals surface area contributed by atoms with Crippen LogP contribution in [0, 0.1) is 11.8 Å². The molecule has 5 nitrogen and oxygen atoms in total. The molecule has 3 heterocycles. The predicted octanol–water partition coefficient (Wildman–Crippen LogP) is 1.35. The van der Waals surface area contributed by atoms with Crippen molar-refractivity contribution in [2.45, 2.75) is 19.1 Å². The average molecular weight is 324 g/mol. The SMILES string of the molecule is COCCNC(=O)[C@@H]1CN(Cc2cccs2)C[C@H]2OCC[C@H]21. The van der Waals surface area contributed by atoms with Gasteiger partial charge in [0.2, 0.25) is 5.91 Å². The number of amides is 1. The van der Waals surface area contributed by atoms with Crippen LogP contribution >= 0.6 is 11.3 Å². The van der Waals surface area contributed by atoms with Crippen LogP contribution in [0.15, 0.2) is 17.5 Å². The Morgan fingerprint density at radius 1 is 1.55 bits per heavy atom.